The van der Waals surface area contributed by atoms with E-state index in [1.165, 1.54) is 0 Å². The first kappa shape index (κ1) is 12.4. The quantitative estimate of drug-likeness (QED) is 0.782. The predicted octanol–water partition coefficient (Wildman–Crippen LogP) is 2.53. The van der Waals surface area contributed by atoms with Crippen LogP contribution < -0.4 is 5.32 Å². The zero-order chi connectivity index (χ0) is 11.8. The summed E-state index contributed by atoms with van der Waals surface area (Å²) in [6.07, 6.45) is 2.00. The third-order valence-corrected chi connectivity index (χ3v) is 3.98. The van der Waals surface area contributed by atoms with Crippen molar-refractivity contribution in [3.8, 4) is 5.75 Å². The second kappa shape index (κ2) is 4.64. The lowest BCUT2D eigenvalue weighted by atomic mass is 10.2. The molecule has 3 nitrogen and oxygen atoms in total. The van der Waals surface area contributed by atoms with Crippen LogP contribution in [0.4, 0.5) is 0 Å². The molecule has 1 fully saturated rings. The molecule has 1 aliphatic rings. The van der Waals surface area contributed by atoms with Gasteiger partial charge in [-0.1, -0.05) is 15.9 Å². The van der Waals surface area contributed by atoms with Gasteiger partial charge in [-0.25, -0.2) is 0 Å². The average Bonchev–Trinajstić information content (AvgIpc) is 3.02. The van der Waals surface area contributed by atoms with Crippen LogP contribution in [0.3, 0.4) is 0 Å². The molecule has 0 aromatic heterocycles. The summed E-state index contributed by atoms with van der Waals surface area (Å²) in [7, 11) is 0. The number of hydrogen-bond acceptors (Lipinski definition) is 3. The molecular weight excluding hydrogens is 338 g/mol. The van der Waals surface area contributed by atoms with Crippen LogP contribution in [0.15, 0.2) is 21.1 Å². The first-order valence-corrected chi connectivity index (χ1v) is 6.68. The Morgan fingerprint density at radius 1 is 1.31 bits per heavy atom. The number of phenols is 1. The number of benzene rings is 1. The summed E-state index contributed by atoms with van der Waals surface area (Å²) in [4.78, 5) is 0. The summed E-state index contributed by atoms with van der Waals surface area (Å²) in [5.41, 5.74) is 0.710. The number of aliphatic hydroxyl groups is 1. The van der Waals surface area contributed by atoms with E-state index in [0.717, 1.165) is 22.9 Å². The van der Waals surface area contributed by atoms with Crippen LogP contribution in [0.5, 0.6) is 5.75 Å². The van der Waals surface area contributed by atoms with Crippen LogP contribution in [0.1, 0.15) is 18.4 Å². The molecule has 1 aromatic carbocycles. The molecule has 1 aliphatic carbocycles. The second-order valence-electron chi connectivity index (χ2n) is 4.19. The summed E-state index contributed by atoms with van der Waals surface area (Å²) in [5, 5.41) is 22.3. The highest BCUT2D eigenvalue weighted by Gasteiger charge is 2.41. The molecule has 16 heavy (non-hydrogen) atoms. The second-order valence-corrected chi connectivity index (χ2v) is 5.96. The van der Waals surface area contributed by atoms with Gasteiger partial charge in [0.2, 0.25) is 0 Å². The molecule has 88 valence electrons. The lowest BCUT2D eigenvalue weighted by Crippen LogP contribution is -2.34. The van der Waals surface area contributed by atoms with E-state index in [9.17, 15) is 5.11 Å². The highest BCUT2D eigenvalue weighted by molar-refractivity contribution is 9.11. The van der Waals surface area contributed by atoms with Crippen molar-refractivity contribution in [3.63, 3.8) is 0 Å². The van der Waals surface area contributed by atoms with Gasteiger partial charge in [-0.2, -0.15) is 0 Å². The Labute approximate surface area is 111 Å². The summed E-state index contributed by atoms with van der Waals surface area (Å²) in [6, 6.07) is 3.68. The summed E-state index contributed by atoms with van der Waals surface area (Å²) >= 11 is 6.67. The molecule has 1 aromatic rings. The minimum absolute atomic E-state index is 0.110. The third-order valence-electron chi connectivity index (χ3n) is 2.92. The molecular formula is C11H13Br2NO2. The van der Waals surface area contributed by atoms with Gasteiger partial charge >= 0.3 is 0 Å². The SMILES string of the molecule is OCC1(NCc2cc(Br)cc(Br)c2O)CC1. The Hall–Kier alpha value is -0.100. The highest BCUT2D eigenvalue weighted by atomic mass is 79.9. The molecule has 0 atom stereocenters. The summed E-state index contributed by atoms with van der Waals surface area (Å²) in [5.74, 6) is 0.254. The molecule has 0 heterocycles. The predicted molar refractivity (Wildman–Crippen MR) is 69.4 cm³/mol. The van der Waals surface area contributed by atoms with Crippen LogP contribution in [-0.2, 0) is 6.54 Å². The van der Waals surface area contributed by atoms with E-state index in [4.69, 9.17) is 5.11 Å². The molecule has 0 bridgehead atoms. The Kier molecular flexibility index (Phi) is 3.59. The maximum atomic E-state index is 9.84. The lowest BCUT2D eigenvalue weighted by Gasteiger charge is -2.15. The lowest BCUT2D eigenvalue weighted by molar-refractivity contribution is 0.229. The minimum Gasteiger partial charge on any atom is -0.506 e. The van der Waals surface area contributed by atoms with Gasteiger partial charge < -0.3 is 15.5 Å². The van der Waals surface area contributed by atoms with Crippen molar-refractivity contribution in [1.29, 1.82) is 0 Å². The molecule has 0 spiro atoms. The average molecular weight is 351 g/mol. The third kappa shape index (κ3) is 2.59. The van der Waals surface area contributed by atoms with Gasteiger partial charge in [0.15, 0.2) is 0 Å². The smallest absolute Gasteiger partial charge is 0.134 e. The molecule has 5 heteroatoms. The Balaban J connectivity index is 2.09. The van der Waals surface area contributed by atoms with Crippen LogP contribution in [0.25, 0.3) is 0 Å². The van der Waals surface area contributed by atoms with Gasteiger partial charge in [0.05, 0.1) is 11.1 Å². The summed E-state index contributed by atoms with van der Waals surface area (Å²) < 4.78 is 1.59. The van der Waals surface area contributed by atoms with Gasteiger partial charge in [-0.15, -0.1) is 0 Å². The fraction of sp³-hybridized carbons (Fsp3) is 0.455. The number of nitrogens with one attached hydrogen (secondary N) is 1. The Morgan fingerprint density at radius 2 is 2.00 bits per heavy atom. The number of aliphatic hydroxyl groups excluding tert-OH is 1. The standard InChI is InChI=1S/C11H13Br2NO2/c12-8-3-7(10(16)9(13)4-8)5-14-11(6-15)1-2-11/h3-4,14-16H,1-2,5-6H2. The van der Waals surface area contributed by atoms with Crippen molar-refractivity contribution in [1.82, 2.24) is 5.32 Å². The molecule has 0 radical (unpaired) electrons. The Morgan fingerprint density at radius 3 is 2.56 bits per heavy atom. The van der Waals surface area contributed by atoms with Crippen molar-refractivity contribution in [3.05, 3.63) is 26.6 Å². The number of halogens is 2. The zero-order valence-corrected chi connectivity index (χ0v) is 11.8. The first-order valence-electron chi connectivity index (χ1n) is 5.09. The van der Waals surface area contributed by atoms with E-state index >= 15 is 0 Å². The molecule has 0 unspecified atom stereocenters. The molecule has 0 saturated heterocycles. The van der Waals surface area contributed by atoms with Gasteiger partial charge in [0.25, 0.3) is 0 Å². The normalized spacial score (nSPS) is 17.4. The van der Waals surface area contributed by atoms with Crippen molar-refractivity contribution < 1.29 is 10.2 Å². The Bertz CT molecular complexity index is 405. The van der Waals surface area contributed by atoms with Gasteiger partial charge in [0, 0.05) is 22.1 Å². The van der Waals surface area contributed by atoms with Crippen LogP contribution in [0, 0.1) is 0 Å². The molecule has 2 rings (SSSR count). The van der Waals surface area contributed by atoms with Crippen molar-refractivity contribution in [2.24, 2.45) is 0 Å². The number of rotatable bonds is 4. The molecule has 0 amide bonds. The van der Waals surface area contributed by atoms with E-state index in [2.05, 4.69) is 37.2 Å². The van der Waals surface area contributed by atoms with E-state index in [1.807, 2.05) is 6.07 Å². The van der Waals surface area contributed by atoms with Gasteiger partial charge in [-0.05, 0) is 40.9 Å². The largest absolute Gasteiger partial charge is 0.506 e. The number of hydrogen-bond donors (Lipinski definition) is 3. The number of phenolic OH excluding ortho intramolecular Hbond substituents is 1. The highest BCUT2D eigenvalue weighted by Crippen LogP contribution is 2.36. The van der Waals surface area contributed by atoms with Crippen molar-refractivity contribution >= 4 is 31.9 Å². The number of aromatic hydroxyl groups is 1. The van der Waals surface area contributed by atoms with E-state index < -0.39 is 0 Å². The van der Waals surface area contributed by atoms with Crippen LogP contribution >= 0.6 is 31.9 Å². The van der Waals surface area contributed by atoms with E-state index in [-0.39, 0.29) is 17.9 Å². The maximum absolute atomic E-state index is 9.84. The van der Waals surface area contributed by atoms with Crippen LogP contribution in [-0.4, -0.2) is 22.4 Å². The van der Waals surface area contributed by atoms with Crippen molar-refractivity contribution in [2.45, 2.75) is 24.9 Å². The molecule has 1 saturated carbocycles. The monoisotopic (exact) mass is 349 g/mol. The fourth-order valence-electron chi connectivity index (χ4n) is 1.58. The zero-order valence-electron chi connectivity index (χ0n) is 8.63. The van der Waals surface area contributed by atoms with E-state index in [1.54, 1.807) is 6.07 Å². The fourth-order valence-corrected chi connectivity index (χ4v) is 2.89. The summed E-state index contributed by atoms with van der Waals surface area (Å²) in [6.45, 7) is 0.716. The maximum Gasteiger partial charge on any atom is 0.134 e. The van der Waals surface area contributed by atoms with E-state index in [0.29, 0.717) is 11.0 Å². The van der Waals surface area contributed by atoms with Crippen LogP contribution in [0.2, 0.25) is 0 Å². The molecule has 3 N–H and O–H groups in total. The molecule has 0 aliphatic heterocycles. The van der Waals surface area contributed by atoms with Gasteiger partial charge in [0.1, 0.15) is 5.75 Å². The minimum atomic E-state index is -0.110. The topological polar surface area (TPSA) is 52.5 Å². The van der Waals surface area contributed by atoms with Gasteiger partial charge in [-0.3, -0.25) is 0 Å². The first-order chi connectivity index (χ1) is 7.56. The van der Waals surface area contributed by atoms with Crippen molar-refractivity contribution in [2.75, 3.05) is 6.61 Å².